The molecule has 0 heterocycles. The van der Waals surface area contributed by atoms with E-state index in [4.69, 9.17) is 0 Å². The molecule has 0 unspecified atom stereocenters. The zero-order valence-corrected chi connectivity index (χ0v) is 19.3. The van der Waals surface area contributed by atoms with Crippen LogP contribution < -0.4 is 0 Å². The van der Waals surface area contributed by atoms with Crippen LogP contribution in [0.2, 0.25) is 0 Å². The van der Waals surface area contributed by atoms with Gasteiger partial charge in [-0.3, -0.25) is 0 Å². The van der Waals surface area contributed by atoms with Crippen molar-refractivity contribution in [3.63, 3.8) is 0 Å². The Bertz CT molecular complexity index is 15.7. The van der Waals surface area contributed by atoms with Crippen LogP contribution in [0.1, 0.15) is 0 Å². The Morgan fingerprint density at radius 3 is 0.300 bits per heavy atom. The smallest absolute Gasteiger partial charge is 3.00 e. The predicted octanol–water partition coefficient (Wildman–Crippen LogP) is 0.00490. The summed E-state index contributed by atoms with van der Waals surface area (Å²) in [4.78, 5) is 0. The minimum Gasteiger partial charge on any atom is -3.00 e. The van der Waals surface area contributed by atoms with Gasteiger partial charge >= 0.3 is 77.5 Å². The van der Waals surface area contributed by atoms with Gasteiger partial charge in [0.15, 0.2) is 0 Å². The summed E-state index contributed by atoms with van der Waals surface area (Å²) in [7, 11) is 0. The van der Waals surface area contributed by atoms with Crippen molar-refractivity contribution >= 4 is 52.1 Å². The Kier molecular flexibility index (Phi) is 1690. The van der Waals surface area contributed by atoms with Crippen molar-refractivity contribution in [2.24, 2.45) is 0 Å². The van der Waals surface area contributed by atoms with Gasteiger partial charge in [-0.1, -0.05) is 0 Å². The minimum absolute atomic E-state index is 0. The summed E-state index contributed by atoms with van der Waals surface area (Å²) >= 11 is 0. The molecule has 0 aliphatic heterocycles. The number of rotatable bonds is 0. The molecule has 4 nitrogen and oxygen atoms in total. The van der Waals surface area contributed by atoms with Crippen molar-refractivity contribution < 1.29 is 77.5 Å². The van der Waals surface area contributed by atoms with Gasteiger partial charge in [0.25, 0.3) is 0 Å². The van der Waals surface area contributed by atoms with Gasteiger partial charge in [0.05, 0.1) is 0 Å². The van der Waals surface area contributed by atoms with Crippen LogP contribution in [0.4, 0.5) is 0 Å². The average Bonchev–Trinajstić information content (AvgIpc) is 0. The first kappa shape index (κ1) is 146. The van der Waals surface area contributed by atoms with Gasteiger partial charge in [-0.15, -0.1) is 0 Å². The van der Waals surface area contributed by atoms with Crippen LogP contribution in [0.5, 0.6) is 0 Å². The first-order chi connectivity index (χ1) is 0. The second kappa shape index (κ2) is 116. The molecular weight excluding hydrogens is 672 g/mol. The Hall–Kier alpha value is 4.05. The van der Waals surface area contributed by atoms with Crippen LogP contribution in [0.25, 0.3) is 24.6 Å². The quantitative estimate of drug-likeness (QED) is 0.322. The summed E-state index contributed by atoms with van der Waals surface area (Å²) in [6, 6.07) is 0. The second-order valence-electron chi connectivity index (χ2n) is 0. The van der Waals surface area contributed by atoms with Crippen molar-refractivity contribution in [1.29, 1.82) is 0 Å². The molecule has 41 valence electrons. The Balaban J connectivity index is 0. The SMILES string of the molecule is [Al].[Al].[Al].[Hf+4].[Hf+4].[Hf+4].[N-3].[N-3].[N-3].[N-3]. The molecule has 9 radical (unpaired) electrons. The summed E-state index contributed by atoms with van der Waals surface area (Å²) < 4.78 is 0. The zero-order chi connectivity index (χ0) is 0. The molecule has 0 aliphatic carbocycles. The molecule has 0 amide bonds. The standard InChI is InChI=1S/3Al.3Hf.4N/q;;;3*+4;4*-3. The second-order valence-corrected chi connectivity index (χ2v) is 0. The van der Waals surface area contributed by atoms with Crippen molar-refractivity contribution in [2.75, 3.05) is 0 Å². The van der Waals surface area contributed by atoms with Gasteiger partial charge in [0.2, 0.25) is 0 Å². The molecule has 0 spiro atoms. The molecule has 0 aromatic heterocycles. The first-order valence-corrected chi connectivity index (χ1v) is 0. The fourth-order valence-corrected chi connectivity index (χ4v) is 0. The normalized spacial score (nSPS) is 0. The number of hydrogen-bond acceptors (Lipinski definition) is 0. The van der Waals surface area contributed by atoms with E-state index in [2.05, 4.69) is 0 Å². The summed E-state index contributed by atoms with van der Waals surface area (Å²) in [6.45, 7) is 0. The molecular formula is Al3Hf3N4. The van der Waals surface area contributed by atoms with Gasteiger partial charge in [0, 0.05) is 52.1 Å². The van der Waals surface area contributed by atoms with Crippen LogP contribution in [0.15, 0.2) is 0 Å². The largest absolute Gasteiger partial charge is 4.00 e. The molecule has 0 rings (SSSR count). The number of hydrogen-bond donors (Lipinski definition) is 0. The summed E-state index contributed by atoms with van der Waals surface area (Å²) in [5, 5.41) is 0. The molecule has 0 bridgehead atoms. The van der Waals surface area contributed by atoms with Gasteiger partial charge in [-0.2, -0.15) is 0 Å². The molecule has 10 heavy (non-hydrogen) atoms. The average molecular weight is 672 g/mol. The third-order valence-corrected chi connectivity index (χ3v) is 0. The third kappa shape index (κ3) is 89.7. The number of nitrogens with zero attached hydrogens (tertiary/aromatic N) is 4. The van der Waals surface area contributed by atoms with Gasteiger partial charge < -0.3 is 24.6 Å². The van der Waals surface area contributed by atoms with Crippen LogP contribution in [-0.4, -0.2) is 52.1 Å². The van der Waals surface area contributed by atoms with E-state index in [0.29, 0.717) is 0 Å². The van der Waals surface area contributed by atoms with Crippen molar-refractivity contribution in [3.8, 4) is 0 Å². The van der Waals surface area contributed by atoms with Crippen LogP contribution in [0.3, 0.4) is 0 Å². The molecule has 0 aliphatic rings. The summed E-state index contributed by atoms with van der Waals surface area (Å²) in [5.74, 6) is 0. The summed E-state index contributed by atoms with van der Waals surface area (Å²) in [6.07, 6.45) is 0. The Morgan fingerprint density at radius 1 is 0.300 bits per heavy atom. The van der Waals surface area contributed by atoms with Crippen molar-refractivity contribution in [3.05, 3.63) is 24.6 Å². The molecule has 0 saturated heterocycles. The monoisotopic (exact) mass is 677 g/mol. The molecule has 0 N–H and O–H groups in total. The van der Waals surface area contributed by atoms with Gasteiger partial charge in [0.1, 0.15) is 0 Å². The molecule has 0 fully saturated rings. The third-order valence-electron chi connectivity index (χ3n) is 0. The van der Waals surface area contributed by atoms with E-state index >= 15 is 0 Å². The predicted molar refractivity (Wildman–Crippen MR) is 30.7 cm³/mol. The fraction of sp³-hybridized carbons (Fsp3) is 0. The molecule has 0 aromatic carbocycles. The molecule has 0 atom stereocenters. The maximum absolute atomic E-state index is 0. The Labute approximate surface area is 151 Å². The zero-order valence-electron chi connectivity index (χ0n) is 5.02. The fourth-order valence-electron chi connectivity index (χ4n) is 0. The van der Waals surface area contributed by atoms with Gasteiger partial charge in [-0.05, 0) is 0 Å². The van der Waals surface area contributed by atoms with Crippen LogP contribution in [-0.2, 0) is 77.5 Å². The minimum atomic E-state index is 0. The molecule has 10 heteroatoms. The van der Waals surface area contributed by atoms with Crippen molar-refractivity contribution in [1.82, 2.24) is 0 Å². The molecule has 0 saturated carbocycles. The van der Waals surface area contributed by atoms with Crippen LogP contribution >= 0.6 is 0 Å². The van der Waals surface area contributed by atoms with E-state index in [-0.39, 0.29) is 154 Å². The Morgan fingerprint density at radius 2 is 0.300 bits per heavy atom. The van der Waals surface area contributed by atoms with E-state index in [1.54, 1.807) is 0 Å². The van der Waals surface area contributed by atoms with Gasteiger partial charge in [-0.25, -0.2) is 0 Å². The maximum atomic E-state index is 0. The topological polar surface area (TPSA) is 122 Å². The van der Waals surface area contributed by atoms with E-state index in [1.165, 1.54) is 0 Å². The maximum Gasteiger partial charge on any atom is 4.00 e. The summed E-state index contributed by atoms with van der Waals surface area (Å²) in [5.41, 5.74) is 0. The van der Waals surface area contributed by atoms with E-state index in [0.717, 1.165) is 0 Å². The van der Waals surface area contributed by atoms with E-state index in [1.807, 2.05) is 0 Å². The van der Waals surface area contributed by atoms with Crippen LogP contribution in [0, 0.1) is 0 Å². The first-order valence-electron chi connectivity index (χ1n) is 0. The van der Waals surface area contributed by atoms with E-state index < -0.39 is 0 Å². The molecule has 0 aromatic rings. The van der Waals surface area contributed by atoms with E-state index in [9.17, 15) is 0 Å². The van der Waals surface area contributed by atoms with Crippen molar-refractivity contribution in [2.45, 2.75) is 0 Å².